The van der Waals surface area contributed by atoms with Crippen LogP contribution in [0.5, 0.6) is 0 Å². The molecule has 0 aliphatic rings. The molecule has 1 aromatic heterocycles. The number of nitrogens with zero attached hydrogens (tertiary/aromatic N) is 1. The average Bonchev–Trinajstić information content (AvgIpc) is 3.33. The highest BCUT2D eigenvalue weighted by Crippen LogP contribution is 2.35. The summed E-state index contributed by atoms with van der Waals surface area (Å²) in [5.74, 6) is 0. The molecule has 3 aromatic carbocycles. The lowest BCUT2D eigenvalue weighted by Gasteiger charge is -2.21. The Labute approximate surface area is 223 Å². The van der Waals surface area contributed by atoms with Crippen LogP contribution in [0.3, 0.4) is 0 Å². The Hall–Kier alpha value is -3.77. The van der Waals surface area contributed by atoms with Gasteiger partial charge in [0.15, 0.2) is 0 Å². The number of hydrogen-bond donors (Lipinski definition) is 1. The Morgan fingerprint density at radius 2 is 1.51 bits per heavy atom. The van der Waals surface area contributed by atoms with Gasteiger partial charge in [0.25, 0.3) is 6.47 Å². The lowest BCUT2D eigenvalue weighted by atomic mass is 9.81. The Morgan fingerprint density at radius 1 is 0.919 bits per heavy atom. The van der Waals surface area contributed by atoms with Gasteiger partial charge in [0, 0.05) is 12.5 Å². The van der Waals surface area contributed by atoms with E-state index in [4.69, 9.17) is 0 Å². The van der Waals surface area contributed by atoms with Gasteiger partial charge in [0.05, 0.1) is 16.3 Å². The Morgan fingerprint density at radius 3 is 2.05 bits per heavy atom. The van der Waals surface area contributed by atoms with Crippen molar-refractivity contribution in [1.29, 1.82) is 0 Å². The highest BCUT2D eigenvalue weighted by Gasteiger charge is 2.23. The van der Waals surface area contributed by atoms with Crippen molar-refractivity contribution in [2.75, 3.05) is 12.4 Å². The van der Waals surface area contributed by atoms with Gasteiger partial charge in [0.1, 0.15) is 12.9 Å². The summed E-state index contributed by atoms with van der Waals surface area (Å²) in [5, 5.41) is 3.24. The molecule has 0 fully saturated rings. The number of aryl methyl sites for hydroxylation is 2. The number of aldehydes is 1. The zero-order chi connectivity index (χ0) is 26.8. The minimum absolute atomic E-state index is 0.371. The van der Waals surface area contributed by atoms with E-state index < -0.39 is 5.41 Å². The van der Waals surface area contributed by atoms with Crippen molar-refractivity contribution >= 4 is 30.0 Å². The van der Waals surface area contributed by atoms with Crippen LogP contribution in [-0.4, -0.2) is 24.2 Å². The summed E-state index contributed by atoms with van der Waals surface area (Å²) in [6.07, 6.45) is 1.85. The summed E-state index contributed by atoms with van der Waals surface area (Å²) in [5.41, 5.74) is 8.47. The van der Waals surface area contributed by atoms with Crippen molar-refractivity contribution in [3.8, 4) is 21.6 Å². The third-order valence-corrected chi connectivity index (χ3v) is 7.69. The van der Waals surface area contributed by atoms with E-state index in [-0.39, 0.29) is 0 Å². The SMILES string of the molecule is CCC(C)(C=O)c1ccc(-c2ccc(-c3snc(C)c3NC)cc2)cc1.Cc1ccccc1COC=O. The predicted molar refractivity (Wildman–Crippen MR) is 153 cm³/mol. The largest absolute Gasteiger partial charge is 0.463 e. The van der Waals surface area contributed by atoms with Gasteiger partial charge in [-0.15, -0.1) is 0 Å². The second kappa shape index (κ2) is 13.0. The van der Waals surface area contributed by atoms with Crippen molar-refractivity contribution in [3.63, 3.8) is 0 Å². The molecule has 5 nitrogen and oxygen atoms in total. The lowest BCUT2D eigenvalue weighted by molar-refractivity contribution is -0.129. The fourth-order valence-electron chi connectivity index (χ4n) is 3.97. The number of nitrogens with one attached hydrogen (secondary N) is 1. The molecule has 1 N–H and O–H groups in total. The molecule has 0 spiro atoms. The number of rotatable bonds is 9. The van der Waals surface area contributed by atoms with Crippen molar-refractivity contribution in [2.24, 2.45) is 0 Å². The van der Waals surface area contributed by atoms with Gasteiger partial charge >= 0.3 is 0 Å². The number of hydrogen-bond acceptors (Lipinski definition) is 6. The van der Waals surface area contributed by atoms with Crippen molar-refractivity contribution in [1.82, 2.24) is 4.37 Å². The third kappa shape index (κ3) is 6.71. The van der Waals surface area contributed by atoms with Gasteiger partial charge in [-0.25, -0.2) is 0 Å². The van der Waals surface area contributed by atoms with Gasteiger partial charge in [-0.2, -0.15) is 4.37 Å². The summed E-state index contributed by atoms with van der Waals surface area (Å²) in [7, 11) is 1.93. The second-order valence-electron chi connectivity index (χ2n) is 9.10. The van der Waals surface area contributed by atoms with Crippen LogP contribution in [0.25, 0.3) is 21.6 Å². The van der Waals surface area contributed by atoms with Gasteiger partial charge in [0.2, 0.25) is 0 Å². The fourth-order valence-corrected chi connectivity index (χ4v) is 4.87. The number of aromatic nitrogens is 1. The molecule has 0 saturated carbocycles. The van der Waals surface area contributed by atoms with Crippen LogP contribution in [0, 0.1) is 13.8 Å². The number of ether oxygens (including phenoxy) is 1. The number of anilines is 1. The van der Waals surface area contributed by atoms with E-state index >= 15 is 0 Å². The van der Waals surface area contributed by atoms with Crippen LogP contribution >= 0.6 is 11.5 Å². The normalized spacial score (nSPS) is 12.0. The standard InChI is InChI=1S/C22H24N2OS.C9H10O2/c1-5-22(3,14-25)19-12-10-17(11-13-19)16-6-8-18(9-7-16)21-20(23-4)15(2)24-26-21;1-8-4-2-3-5-9(8)6-11-7-10/h6-14,23H,5H2,1-4H3;2-5,7H,6H2,1H3. The molecule has 4 aromatic rings. The molecule has 37 heavy (non-hydrogen) atoms. The molecule has 0 bridgehead atoms. The van der Waals surface area contributed by atoms with Crippen LogP contribution < -0.4 is 5.32 Å². The molecule has 4 rings (SSSR count). The molecule has 192 valence electrons. The van der Waals surface area contributed by atoms with Gasteiger partial charge < -0.3 is 14.8 Å². The van der Waals surface area contributed by atoms with E-state index in [2.05, 4.69) is 63.0 Å². The summed E-state index contributed by atoms with van der Waals surface area (Å²) in [6.45, 7) is 8.87. The van der Waals surface area contributed by atoms with Crippen molar-refractivity contribution in [2.45, 2.75) is 46.1 Å². The smallest absolute Gasteiger partial charge is 0.293 e. The monoisotopic (exact) mass is 514 g/mol. The van der Waals surface area contributed by atoms with Crippen LogP contribution in [0.15, 0.2) is 72.8 Å². The molecule has 0 amide bonds. The second-order valence-corrected chi connectivity index (χ2v) is 9.87. The van der Waals surface area contributed by atoms with Gasteiger partial charge in [-0.3, -0.25) is 4.79 Å². The summed E-state index contributed by atoms with van der Waals surface area (Å²) < 4.78 is 9.06. The average molecular weight is 515 g/mol. The fraction of sp³-hybridized carbons (Fsp3) is 0.258. The molecule has 0 aliphatic heterocycles. The van der Waals surface area contributed by atoms with E-state index in [9.17, 15) is 9.59 Å². The Kier molecular flexibility index (Phi) is 9.75. The molecular weight excluding hydrogens is 480 g/mol. The first-order valence-electron chi connectivity index (χ1n) is 12.3. The van der Waals surface area contributed by atoms with Gasteiger partial charge in [-0.05, 0) is 72.1 Å². The number of carbonyl (C=O) groups excluding carboxylic acids is 2. The van der Waals surface area contributed by atoms with Crippen molar-refractivity contribution < 1.29 is 14.3 Å². The first kappa shape index (κ1) is 27.8. The molecule has 6 heteroatoms. The molecule has 0 radical (unpaired) electrons. The minimum atomic E-state index is -0.407. The highest BCUT2D eigenvalue weighted by atomic mass is 32.1. The zero-order valence-electron chi connectivity index (χ0n) is 22.1. The molecule has 0 aliphatic carbocycles. The maximum Gasteiger partial charge on any atom is 0.293 e. The molecule has 1 unspecified atom stereocenters. The first-order chi connectivity index (χ1) is 17.9. The topological polar surface area (TPSA) is 68.3 Å². The minimum Gasteiger partial charge on any atom is -0.463 e. The summed E-state index contributed by atoms with van der Waals surface area (Å²) in [4.78, 5) is 22.5. The maximum absolute atomic E-state index is 11.4. The van der Waals surface area contributed by atoms with Crippen molar-refractivity contribution in [3.05, 3.63) is 95.2 Å². The number of benzene rings is 3. The Balaban J connectivity index is 0.000000289. The van der Waals surface area contributed by atoms with Crippen LogP contribution in [-0.2, 0) is 26.3 Å². The highest BCUT2D eigenvalue weighted by molar-refractivity contribution is 7.10. The summed E-state index contributed by atoms with van der Waals surface area (Å²) in [6, 6.07) is 24.7. The first-order valence-corrected chi connectivity index (χ1v) is 13.1. The quantitative estimate of drug-likeness (QED) is 0.236. The van der Waals surface area contributed by atoms with Crippen LogP contribution in [0.1, 0.15) is 42.7 Å². The van der Waals surface area contributed by atoms with E-state index in [1.807, 2.05) is 59.0 Å². The van der Waals surface area contributed by atoms with E-state index in [1.54, 1.807) is 0 Å². The number of carbonyl (C=O) groups is 2. The van der Waals surface area contributed by atoms with Gasteiger partial charge in [-0.1, -0.05) is 79.7 Å². The third-order valence-electron chi connectivity index (χ3n) is 6.70. The zero-order valence-corrected chi connectivity index (χ0v) is 22.9. The van der Waals surface area contributed by atoms with E-state index in [0.717, 1.165) is 56.8 Å². The summed E-state index contributed by atoms with van der Waals surface area (Å²) >= 11 is 1.52. The molecule has 0 saturated heterocycles. The van der Waals surface area contributed by atoms with Crippen LogP contribution in [0.2, 0.25) is 0 Å². The molecule has 1 atom stereocenters. The van der Waals surface area contributed by atoms with E-state index in [1.165, 1.54) is 17.1 Å². The molecule has 1 heterocycles. The molecular formula is C31H34N2O3S. The lowest BCUT2D eigenvalue weighted by Crippen LogP contribution is -2.22. The maximum atomic E-state index is 11.4. The van der Waals surface area contributed by atoms with E-state index in [0.29, 0.717) is 13.1 Å². The predicted octanol–water partition coefficient (Wildman–Crippen LogP) is 7.36. The Bertz CT molecular complexity index is 1310. The van der Waals surface area contributed by atoms with Crippen LogP contribution in [0.4, 0.5) is 5.69 Å².